The van der Waals surface area contributed by atoms with Crippen LogP contribution in [0.4, 0.5) is 5.69 Å². The second-order valence-electron chi connectivity index (χ2n) is 7.87. The van der Waals surface area contributed by atoms with E-state index in [1.54, 1.807) is 11.0 Å². The predicted molar refractivity (Wildman–Crippen MR) is 99.7 cm³/mol. The second-order valence-corrected chi connectivity index (χ2v) is 8.73. The van der Waals surface area contributed by atoms with Gasteiger partial charge >= 0.3 is 11.8 Å². The molecule has 6 heteroatoms. The number of aryl methyl sites for hydroxylation is 1. The standard InChI is InChI=1S/C18H26BrN3O2/c1-11-6-7-14(13(19)8-11)21-15(23)16(24)22-17(2,3)9-12(20)10-18(22,4)5/h6-8,12H,9-10,20H2,1-5H3,(H,21,23). The molecule has 1 saturated heterocycles. The van der Waals surface area contributed by atoms with E-state index in [4.69, 9.17) is 5.73 Å². The van der Waals surface area contributed by atoms with Gasteiger partial charge in [0.15, 0.2) is 0 Å². The van der Waals surface area contributed by atoms with Crippen LogP contribution in [-0.4, -0.2) is 33.8 Å². The Morgan fingerprint density at radius 2 is 1.75 bits per heavy atom. The van der Waals surface area contributed by atoms with Crippen LogP contribution in [0, 0.1) is 6.92 Å². The number of piperidine rings is 1. The van der Waals surface area contributed by atoms with Crippen molar-refractivity contribution in [2.45, 2.75) is 64.6 Å². The van der Waals surface area contributed by atoms with Crippen molar-refractivity contribution in [3.8, 4) is 0 Å². The van der Waals surface area contributed by atoms with E-state index in [-0.39, 0.29) is 6.04 Å². The summed E-state index contributed by atoms with van der Waals surface area (Å²) in [5, 5.41) is 2.71. The number of amides is 2. The van der Waals surface area contributed by atoms with E-state index in [1.807, 2.05) is 46.8 Å². The van der Waals surface area contributed by atoms with Gasteiger partial charge in [-0.2, -0.15) is 0 Å². The van der Waals surface area contributed by atoms with Gasteiger partial charge < -0.3 is 16.0 Å². The van der Waals surface area contributed by atoms with Gasteiger partial charge in [0.2, 0.25) is 0 Å². The molecule has 5 nitrogen and oxygen atoms in total. The number of hydrogen-bond acceptors (Lipinski definition) is 3. The number of carbonyl (C=O) groups excluding carboxylic acids is 2. The maximum atomic E-state index is 12.9. The predicted octanol–water partition coefficient (Wildman–Crippen LogP) is 3.20. The van der Waals surface area contributed by atoms with E-state index in [1.165, 1.54) is 0 Å². The zero-order valence-corrected chi connectivity index (χ0v) is 16.5. The van der Waals surface area contributed by atoms with E-state index < -0.39 is 22.9 Å². The third kappa shape index (κ3) is 3.81. The van der Waals surface area contributed by atoms with Gasteiger partial charge in [0.1, 0.15) is 0 Å². The largest absolute Gasteiger partial charge is 0.328 e. The summed E-state index contributed by atoms with van der Waals surface area (Å²) in [6.45, 7) is 9.80. The quantitative estimate of drug-likeness (QED) is 0.716. The molecular formula is C18H26BrN3O2. The molecule has 132 valence electrons. The number of nitrogens with two attached hydrogens (primary N) is 1. The summed E-state index contributed by atoms with van der Waals surface area (Å²) in [6.07, 6.45) is 1.34. The number of rotatable bonds is 1. The van der Waals surface area contributed by atoms with E-state index in [2.05, 4.69) is 21.2 Å². The molecule has 0 saturated carbocycles. The van der Waals surface area contributed by atoms with Crippen LogP contribution in [0.2, 0.25) is 0 Å². The van der Waals surface area contributed by atoms with E-state index in [0.717, 1.165) is 10.0 Å². The van der Waals surface area contributed by atoms with Crippen molar-refractivity contribution < 1.29 is 9.59 Å². The number of carbonyl (C=O) groups is 2. The molecule has 2 amide bonds. The molecule has 0 radical (unpaired) electrons. The normalized spacial score (nSPS) is 19.9. The first-order valence-electron chi connectivity index (χ1n) is 8.11. The molecule has 1 aromatic rings. The number of halogens is 1. The lowest BCUT2D eigenvalue weighted by molar-refractivity contribution is -0.156. The highest BCUT2D eigenvalue weighted by Gasteiger charge is 2.48. The molecule has 1 aliphatic rings. The highest BCUT2D eigenvalue weighted by Crippen LogP contribution is 2.38. The third-order valence-electron chi connectivity index (χ3n) is 4.50. The van der Waals surface area contributed by atoms with E-state index >= 15 is 0 Å². The van der Waals surface area contributed by atoms with Crippen LogP contribution in [0.5, 0.6) is 0 Å². The van der Waals surface area contributed by atoms with Crippen molar-refractivity contribution >= 4 is 33.4 Å². The Morgan fingerprint density at radius 1 is 1.21 bits per heavy atom. The molecule has 1 heterocycles. The minimum Gasteiger partial charge on any atom is -0.328 e. The summed E-state index contributed by atoms with van der Waals surface area (Å²) in [6, 6.07) is 5.59. The molecule has 1 aliphatic heterocycles. The highest BCUT2D eigenvalue weighted by molar-refractivity contribution is 9.10. The molecule has 1 aromatic carbocycles. The molecule has 0 aromatic heterocycles. The molecule has 0 spiro atoms. The zero-order valence-electron chi connectivity index (χ0n) is 14.9. The van der Waals surface area contributed by atoms with Crippen molar-refractivity contribution in [3.05, 3.63) is 28.2 Å². The number of likely N-dealkylation sites (tertiary alicyclic amines) is 1. The second kappa shape index (κ2) is 6.48. The zero-order chi connectivity index (χ0) is 18.3. The maximum Gasteiger partial charge on any atom is 0.313 e. The number of nitrogens with one attached hydrogen (secondary N) is 1. The van der Waals surface area contributed by atoms with Crippen molar-refractivity contribution in [1.29, 1.82) is 0 Å². The highest BCUT2D eigenvalue weighted by atomic mass is 79.9. The van der Waals surface area contributed by atoms with Gasteiger partial charge in [0.25, 0.3) is 0 Å². The average Bonchev–Trinajstić information content (AvgIpc) is 2.38. The Morgan fingerprint density at radius 3 is 2.25 bits per heavy atom. The van der Waals surface area contributed by atoms with Crippen LogP contribution in [-0.2, 0) is 9.59 Å². The number of anilines is 1. The first-order valence-corrected chi connectivity index (χ1v) is 8.91. The van der Waals surface area contributed by atoms with Crippen LogP contribution in [0.15, 0.2) is 22.7 Å². The van der Waals surface area contributed by atoms with Gasteiger partial charge in [0, 0.05) is 21.6 Å². The molecule has 2 rings (SSSR count). The number of benzene rings is 1. The summed E-state index contributed by atoms with van der Waals surface area (Å²) in [5.41, 5.74) is 6.85. The smallest absolute Gasteiger partial charge is 0.313 e. The lowest BCUT2D eigenvalue weighted by atomic mass is 9.77. The topological polar surface area (TPSA) is 75.4 Å². The minimum atomic E-state index is -0.629. The minimum absolute atomic E-state index is 0.0216. The Bertz CT molecular complexity index is 652. The molecular weight excluding hydrogens is 370 g/mol. The van der Waals surface area contributed by atoms with Gasteiger partial charge in [0.05, 0.1) is 5.69 Å². The van der Waals surface area contributed by atoms with Crippen LogP contribution < -0.4 is 11.1 Å². The van der Waals surface area contributed by atoms with E-state index in [0.29, 0.717) is 18.5 Å². The first kappa shape index (κ1) is 18.9. The Balaban J connectivity index is 2.24. The Kier molecular flexibility index (Phi) is 5.11. The van der Waals surface area contributed by atoms with Crippen molar-refractivity contribution in [3.63, 3.8) is 0 Å². The van der Waals surface area contributed by atoms with Crippen LogP contribution >= 0.6 is 15.9 Å². The maximum absolute atomic E-state index is 12.9. The molecule has 1 fully saturated rings. The fourth-order valence-electron chi connectivity index (χ4n) is 3.91. The summed E-state index contributed by atoms with van der Waals surface area (Å²) < 4.78 is 0.753. The third-order valence-corrected chi connectivity index (χ3v) is 5.16. The molecule has 0 bridgehead atoms. The van der Waals surface area contributed by atoms with Gasteiger partial charge in [-0.25, -0.2) is 0 Å². The molecule has 0 aliphatic carbocycles. The monoisotopic (exact) mass is 395 g/mol. The molecule has 3 N–H and O–H groups in total. The SMILES string of the molecule is Cc1ccc(NC(=O)C(=O)N2C(C)(C)CC(N)CC2(C)C)c(Br)c1. The van der Waals surface area contributed by atoms with Gasteiger partial charge in [-0.1, -0.05) is 6.07 Å². The van der Waals surface area contributed by atoms with Crippen molar-refractivity contribution in [2.75, 3.05) is 5.32 Å². The van der Waals surface area contributed by atoms with Crippen molar-refractivity contribution in [2.24, 2.45) is 5.73 Å². The van der Waals surface area contributed by atoms with Crippen LogP contribution in [0.3, 0.4) is 0 Å². The Labute approximate surface area is 152 Å². The van der Waals surface area contributed by atoms with Gasteiger partial charge in [-0.05, 0) is 81.1 Å². The van der Waals surface area contributed by atoms with Crippen molar-refractivity contribution in [1.82, 2.24) is 4.90 Å². The first-order chi connectivity index (χ1) is 10.9. The average molecular weight is 396 g/mol. The van der Waals surface area contributed by atoms with Crippen LogP contribution in [0.1, 0.15) is 46.1 Å². The van der Waals surface area contributed by atoms with Gasteiger partial charge in [-0.3, -0.25) is 9.59 Å². The fourth-order valence-corrected chi connectivity index (χ4v) is 4.50. The lowest BCUT2D eigenvalue weighted by Crippen LogP contribution is -2.66. The number of nitrogens with zero attached hydrogens (tertiary/aromatic N) is 1. The number of hydrogen-bond donors (Lipinski definition) is 2. The summed E-state index contributed by atoms with van der Waals surface area (Å²) in [5.74, 6) is -1.15. The molecule has 0 unspecified atom stereocenters. The molecule has 24 heavy (non-hydrogen) atoms. The van der Waals surface area contributed by atoms with Crippen LogP contribution in [0.25, 0.3) is 0 Å². The molecule has 0 atom stereocenters. The lowest BCUT2D eigenvalue weighted by Gasteiger charge is -2.54. The fraction of sp³-hybridized carbons (Fsp3) is 0.556. The van der Waals surface area contributed by atoms with E-state index in [9.17, 15) is 9.59 Å². The summed E-state index contributed by atoms with van der Waals surface area (Å²) >= 11 is 3.42. The summed E-state index contributed by atoms with van der Waals surface area (Å²) in [7, 11) is 0. The van der Waals surface area contributed by atoms with Gasteiger partial charge in [-0.15, -0.1) is 0 Å². The Hall–Kier alpha value is -1.40. The summed E-state index contributed by atoms with van der Waals surface area (Å²) in [4.78, 5) is 27.1.